The first-order valence-electron chi connectivity index (χ1n) is 8.58. The van der Waals surface area contributed by atoms with Gasteiger partial charge in [-0.2, -0.15) is 0 Å². The van der Waals surface area contributed by atoms with Crippen LogP contribution in [-0.2, 0) is 31.7 Å². The molecule has 28 heavy (non-hydrogen) atoms. The first-order valence-corrected chi connectivity index (χ1v) is 10.6. The van der Waals surface area contributed by atoms with E-state index in [0.29, 0.717) is 23.4 Å². The van der Waals surface area contributed by atoms with E-state index in [0.717, 1.165) is 11.8 Å². The zero-order valence-electron chi connectivity index (χ0n) is 15.0. The predicted molar refractivity (Wildman–Crippen MR) is 96.0 cm³/mol. The standard InChI is InChI=1S/C17H17N5O5S/c1-28(26,27)9-11-8-22(20-19-11)12-2-3-13-10(6-12)7-21(17(13)25)14-4-5-15(23)18-16(14)24/h2-3,6,8,14H,4-5,7,9H2,1H3,(H,18,23,24). The summed E-state index contributed by atoms with van der Waals surface area (Å²) < 4.78 is 24.2. The lowest BCUT2D eigenvalue weighted by atomic mass is 10.0. The number of rotatable bonds is 4. The van der Waals surface area contributed by atoms with Crippen LogP contribution in [0.15, 0.2) is 24.4 Å². The van der Waals surface area contributed by atoms with Crippen LogP contribution >= 0.6 is 0 Å². The second kappa shape index (κ2) is 6.51. The van der Waals surface area contributed by atoms with E-state index in [1.165, 1.54) is 15.8 Å². The predicted octanol–water partition coefficient (Wildman–Crippen LogP) is -0.427. The fourth-order valence-corrected chi connectivity index (χ4v) is 4.13. The summed E-state index contributed by atoms with van der Waals surface area (Å²) in [6.45, 7) is 0.249. The average Bonchev–Trinajstić information content (AvgIpc) is 3.18. The van der Waals surface area contributed by atoms with Crippen molar-refractivity contribution in [3.8, 4) is 5.69 Å². The molecule has 2 aliphatic heterocycles. The largest absolute Gasteiger partial charge is 0.322 e. The Morgan fingerprint density at radius 1 is 1.25 bits per heavy atom. The maximum absolute atomic E-state index is 12.7. The van der Waals surface area contributed by atoms with Crippen LogP contribution in [-0.4, -0.2) is 58.3 Å². The summed E-state index contributed by atoms with van der Waals surface area (Å²) in [5.74, 6) is -1.25. The van der Waals surface area contributed by atoms with Gasteiger partial charge in [0.15, 0.2) is 9.84 Å². The van der Waals surface area contributed by atoms with Gasteiger partial charge in [0.05, 0.1) is 23.3 Å². The van der Waals surface area contributed by atoms with E-state index in [9.17, 15) is 22.8 Å². The summed E-state index contributed by atoms with van der Waals surface area (Å²) in [5, 5.41) is 10.1. The third-order valence-electron chi connectivity index (χ3n) is 4.72. The number of carbonyl (C=O) groups excluding carboxylic acids is 3. The molecule has 1 fully saturated rings. The summed E-state index contributed by atoms with van der Waals surface area (Å²) in [6, 6.07) is 4.42. The molecule has 11 heteroatoms. The Morgan fingerprint density at radius 2 is 2.04 bits per heavy atom. The van der Waals surface area contributed by atoms with Gasteiger partial charge < -0.3 is 4.90 Å². The van der Waals surface area contributed by atoms with Crippen molar-refractivity contribution < 1.29 is 22.8 Å². The van der Waals surface area contributed by atoms with Gasteiger partial charge in [0.25, 0.3) is 5.91 Å². The molecule has 0 spiro atoms. The van der Waals surface area contributed by atoms with Gasteiger partial charge in [0.1, 0.15) is 6.04 Å². The van der Waals surface area contributed by atoms with Crippen molar-refractivity contribution in [2.75, 3.05) is 6.26 Å². The van der Waals surface area contributed by atoms with Crippen LogP contribution in [0.2, 0.25) is 0 Å². The monoisotopic (exact) mass is 403 g/mol. The Bertz CT molecular complexity index is 1110. The number of benzene rings is 1. The number of carbonyl (C=O) groups is 3. The second-order valence-corrected chi connectivity index (χ2v) is 9.11. The Labute approximate surface area is 160 Å². The molecule has 0 aliphatic carbocycles. The van der Waals surface area contributed by atoms with Crippen LogP contribution in [0, 0.1) is 0 Å². The zero-order chi connectivity index (χ0) is 20.1. The quantitative estimate of drug-likeness (QED) is 0.686. The Hall–Kier alpha value is -3.08. The molecule has 1 aromatic heterocycles. The molecule has 0 saturated carbocycles. The number of imide groups is 1. The molecule has 3 amide bonds. The molecule has 3 heterocycles. The molecule has 2 aliphatic rings. The fraction of sp³-hybridized carbons (Fsp3) is 0.353. The van der Waals surface area contributed by atoms with E-state index >= 15 is 0 Å². The fourth-order valence-electron chi connectivity index (χ4n) is 3.46. The molecular weight excluding hydrogens is 386 g/mol. The molecule has 0 radical (unpaired) electrons. The molecule has 146 valence electrons. The zero-order valence-corrected chi connectivity index (χ0v) is 15.8. The van der Waals surface area contributed by atoms with Crippen LogP contribution in [0.4, 0.5) is 0 Å². The molecule has 1 unspecified atom stereocenters. The lowest BCUT2D eigenvalue weighted by Crippen LogP contribution is -2.52. The number of hydrogen-bond donors (Lipinski definition) is 1. The highest BCUT2D eigenvalue weighted by molar-refractivity contribution is 7.89. The lowest BCUT2D eigenvalue weighted by molar-refractivity contribution is -0.136. The van der Waals surface area contributed by atoms with Crippen LogP contribution < -0.4 is 5.32 Å². The Morgan fingerprint density at radius 3 is 2.75 bits per heavy atom. The van der Waals surface area contributed by atoms with E-state index in [1.807, 2.05) is 0 Å². The topological polar surface area (TPSA) is 131 Å². The summed E-state index contributed by atoms with van der Waals surface area (Å²) in [7, 11) is -3.22. The average molecular weight is 403 g/mol. The maximum atomic E-state index is 12.7. The number of piperidine rings is 1. The number of nitrogens with one attached hydrogen (secondary N) is 1. The summed E-state index contributed by atoms with van der Waals surface area (Å²) in [6.07, 6.45) is 3.15. The third kappa shape index (κ3) is 3.40. The normalized spacial score (nSPS) is 19.7. The first-order chi connectivity index (χ1) is 13.2. The summed E-state index contributed by atoms with van der Waals surface area (Å²) in [5.41, 5.74) is 2.17. The molecule has 1 atom stereocenters. The van der Waals surface area contributed by atoms with Gasteiger partial charge in [-0.05, 0) is 30.2 Å². The van der Waals surface area contributed by atoms with Crippen molar-refractivity contribution in [2.24, 2.45) is 0 Å². The van der Waals surface area contributed by atoms with Crippen molar-refractivity contribution in [3.63, 3.8) is 0 Å². The SMILES string of the molecule is CS(=O)(=O)Cc1cn(-c2ccc3c(c2)CN(C2CCC(=O)NC2=O)C3=O)nn1. The highest BCUT2D eigenvalue weighted by atomic mass is 32.2. The molecule has 1 saturated heterocycles. The van der Waals surface area contributed by atoms with Crippen molar-refractivity contribution in [1.82, 2.24) is 25.2 Å². The van der Waals surface area contributed by atoms with E-state index < -0.39 is 21.8 Å². The van der Waals surface area contributed by atoms with Gasteiger partial charge >= 0.3 is 0 Å². The van der Waals surface area contributed by atoms with Crippen molar-refractivity contribution in [2.45, 2.75) is 31.2 Å². The van der Waals surface area contributed by atoms with Crippen molar-refractivity contribution in [3.05, 3.63) is 41.2 Å². The van der Waals surface area contributed by atoms with Crippen LogP contribution in [0.1, 0.15) is 34.5 Å². The molecule has 4 rings (SSSR count). The van der Waals surface area contributed by atoms with Crippen molar-refractivity contribution in [1.29, 1.82) is 0 Å². The number of aromatic nitrogens is 3. The number of amides is 3. The van der Waals surface area contributed by atoms with Crippen LogP contribution in [0.3, 0.4) is 0 Å². The van der Waals surface area contributed by atoms with Gasteiger partial charge in [-0.15, -0.1) is 5.10 Å². The summed E-state index contributed by atoms with van der Waals surface area (Å²) >= 11 is 0. The Kier molecular flexibility index (Phi) is 4.26. The highest BCUT2D eigenvalue weighted by Crippen LogP contribution is 2.29. The smallest absolute Gasteiger partial charge is 0.255 e. The first kappa shape index (κ1) is 18.3. The number of hydrogen-bond acceptors (Lipinski definition) is 7. The van der Waals surface area contributed by atoms with Gasteiger partial charge in [-0.3, -0.25) is 19.7 Å². The minimum atomic E-state index is -3.22. The Balaban J connectivity index is 1.57. The minimum Gasteiger partial charge on any atom is -0.322 e. The molecule has 10 nitrogen and oxygen atoms in total. The van der Waals surface area contributed by atoms with Gasteiger partial charge in [-0.1, -0.05) is 5.21 Å². The molecule has 0 bridgehead atoms. The molecule has 1 N–H and O–H groups in total. The third-order valence-corrected chi connectivity index (χ3v) is 5.54. The van der Waals surface area contributed by atoms with Gasteiger partial charge in [-0.25, -0.2) is 13.1 Å². The molecule has 1 aromatic carbocycles. The second-order valence-electron chi connectivity index (χ2n) is 6.97. The van der Waals surface area contributed by atoms with E-state index in [2.05, 4.69) is 15.6 Å². The van der Waals surface area contributed by atoms with Gasteiger partial charge in [0.2, 0.25) is 11.8 Å². The molecular formula is C17H17N5O5S. The summed E-state index contributed by atoms with van der Waals surface area (Å²) in [4.78, 5) is 37.6. The van der Waals surface area contributed by atoms with Crippen molar-refractivity contribution >= 4 is 27.6 Å². The van der Waals surface area contributed by atoms with E-state index in [4.69, 9.17) is 0 Å². The highest BCUT2D eigenvalue weighted by Gasteiger charge is 2.39. The van der Waals surface area contributed by atoms with Crippen LogP contribution in [0.25, 0.3) is 5.69 Å². The van der Waals surface area contributed by atoms with E-state index in [1.54, 1.807) is 18.2 Å². The number of nitrogens with zero attached hydrogens (tertiary/aromatic N) is 4. The maximum Gasteiger partial charge on any atom is 0.255 e. The number of fused-ring (bicyclic) bond motifs is 1. The molecule has 2 aromatic rings. The number of sulfone groups is 1. The van der Waals surface area contributed by atoms with E-state index in [-0.39, 0.29) is 30.5 Å². The van der Waals surface area contributed by atoms with Crippen LogP contribution in [0.5, 0.6) is 0 Å². The van der Waals surface area contributed by atoms with Gasteiger partial charge in [0, 0.05) is 24.8 Å². The minimum absolute atomic E-state index is 0.198. The lowest BCUT2D eigenvalue weighted by Gasteiger charge is -2.29.